The highest BCUT2D eigenvalue weighted by atomic mass is 32.1. The van der Waals surface area contributed by atoms with Gasteiger partial charge in [0.05, 0.1) is 24.4 Å². The number of hydrogen-bond donors (Lipinski definition) is 2. The Balaban J connectivity index is 1.35. The molecule has 1 aliphatic carbocycles. The Morgan fingerprint density at radius 2 is 2.07 bits per heavy atom. The van der Waals surface area contributed by atoms with Crippen molar-refractivity contribution in [1.82, 2.24) is 20.2 Å². The van der Waals surface area contributed by atoms with Crippen molar-refractivity contribution >= 4 is 33.6 Å². The third-order valence-electron chi connectivity index (χ3n) is 5.09. The van der Waals surface area contributed by atoms with E-state index in [2.05, 4.69) is 15.6 Å². The Bertz CT molecular complexity index is 870. The van der Waals surface area contributed by atoms with E-state index in [0.717, 1.165) is 25.7 Å². The van der Waals surface area contributed by atoms with Crippen LogP contribution in [0.1, 0.15) is 32.6 Å². The first-order chi connectivity index (χ1) is 13.6. The van der Waals surface area contributed by atoms with Crippen molar-refractivity contribution in [2.45, 2.75) is 39.2 Å². The first-order valence-electron chi connectivity index (χ1n) is 9.69. The molecule has 1 saturated carbocycles. The molecule has 0 radical (unpaired) electrons. The number of amides is 2. The summed E-state index contributed by atoms with van der Waals surface area (Å²) in [6.07, 6.45) is 4.96. The fourth-order valence-electron chi connectivity index (χ4n) is 3.49. The molecule has 0 bridgehead atoms. The Kier molecular flexibility index (Phi) is 7.02. The van der Waals surface area contributed by atoms with Crippen LogP contribution in [-0.2, 0) is 16.1 Å². The zero-order valence-electron chi connectivity index (χ0n) is 16.0. The molecule has 152 valence electrons. The van der Waals surface area contributed by atoms with Crippen molar-refractivity contribution in [3.63, 3.8) is 0 Å². The van der Waals surface area contributed by atoms with Gasteiger partial charge in [0.15, 0.2) is 0 Å². The molecular formula is C19H26N4O4S. The lowest BCUT2D eigenvalue weighted by molar-refractivity contribution is -0.149. The van der Waals surface area contributed by atoms with E-state index in [4.69, 9.17) is 4.74 Å². The second kappa shape index (κ2) is 9.68. The number of esters is 1. The number of carbonyl (C=O) groups excluding carboxylic acids is 2. The summed E-state index contributed by atoms with van der Waals surface area (Å²) in [5.74, 6) is 0.277. The Labute approximate surface area is 167 Å². The summed E-state index contributed by atoms with van der Waals surface area (Å²) < 4.78 is 7.22. The van der Waals surface area contributed by atoms with Gasteiger partial charge >= 0.3 is 12.0 Å². The second-order valence-corrected chi connectivity index (χ2v) is 7.90. The smallest absolute Gasteiger partial charge is 0.314 e. The first kappa shape index (κ1) is 20.3. The van der Waals surface area contributed by atoms with Gasteiger partial charge in [-0.25, -0.2) is 9.78 Å². The first-order valence-corrected chi connectivity index (χ1v) is 10.6. The van der Waals surface area contributed by atoms with Gasteiger partial charge in [-0.1, -0.05) is 0 Å². The Morgan fingerprint density at radius 1 is 1.29 bits per heavy atom. The molecule has 1 fully saturated rings. The van der Waals surface area contributed by atoms with Gasteiger partial charge in [-0.3, -0.25) is 14.2 Å². The number of carbonyl (C=O) groups is 2. The van der Waals surface area contributed by atoms with E-state index in [1.165, 1.54) is 22.2 Å². The molecule has 2 aromatic rings. The van der Waals surface area contributed by atoms with E-state index >= 15 is 0 Å². The molecule has 0 saturated heterocycles. The maximum atomic E-state index is 12.3. The molecule has 8 nitrogen and oxygen atoms in total. The van der Waals surface area contributed by atoms with Gasteiger partial charge in [-0.15, -0.1) is 11.3 Å². The van der Waals surface area contributed by atoms with Crippen LogP contribution >= 0.6 is 11.3 Å². The molecule has 0 spiro atoms. The van der Waals surface area contributed by atoms with Crippen LogP contribution in [0.4, 0.5) is 4.79 Å². The molecule has 0 aromatic carbocycles. The zero-order valence-corrected chi connectivity index (χ0v) is 16.8. The van der Waals surface area contributed by atoms with E-state index in [9.17, 15) is 14.4 Å². The molecule has 0 atom stereocenters. The highest BCUT2D eigenvalue weighted by Crippen LogP contribution is 2.29. The molecule has 1 aliphatic rings. The Hall–Kier alpha value is -2.42. The number of rotatable bonds is 7. The third-order valence-corrected chi connectivity index (χ3v) is 5.98. The number of nitrogens with zero attached hydrogens (tertiary/aromatic N) is 2. The average molecular weight is 407 g/mol. The predicted molar refractivity (Wildman–Crippen MR) is 107 cm³/mol. The lowest BCUT2D eigenvalue weighted by atomic mass is 9.82. The number of thiophene rings is 1. The Morgan fingerprint density at radius 3 is 2.82 bits per heavy atom. The molecule has 2 N–H and O–H groups in total. The van der Waals surface area contributed by atoms with Crippen LogP contribution in [0, 0.1) is 11.8 Å². The van der Waals surface area contributed by atoms with Crippen molar-refractivity contribution in [3.05, 3.63) is 28.1 Å². The summed E-state index contributed by atoms with van der Waals surface area (Å²) in [5, 5.41) is 7.50. The topological polar surface area (TPSA) is 102 Å². The molecule has 2 heterocycles. The lowest BCUT2D eigenvalue weighted by Gasteiger charge is -2.27. The van der Waals surface area contributed by atoms with Crippen molar-refractivity contribution in [2.75, 3.05) is 19.7 Å². The predicted octanol–water partition coefficient (Wildman–Crippen LogP) is 2.13. The lowest BCUT2D eigenvalue weighted by Crippen LogP contribution is -2.41. The largest absolute Gasteiger partial charge is 0.466 e. The minimum atomic E-state index is -0.245. The fraction of sp³-hybridized carbons (Fsp3) is 0.579. The number of hydrogen-bond acceptors (Lipinski definition) is 6. The molecular weight excluding hydrogens is 380 g/mol. The maximum Gasteiger partial charge on any atom is 0.314 e. The van der Waals surface area contributed by atoms with E-state index in [1.54, 1.807) is 0 Å². The standard InChI is InChI=1S/C19H26N4O4S/c1-2-27-18(25)14-5-3-13(4-6-14)11-21-19(26)20-8-9-23-12-22-15-7-10-28-16(15)17(23)24/h7,10,12-14H,2-6,8-9,11H2,1H3,(H2,20,21,26). The highest BCUT2D eigenvalue weighted by molar-refractivity contribution is 7.17. The molecule has 9 heteroatoms. The zero-order chi connectivity index (χ0) is 19.9. The van der Waals surface area contributed by atoms with Crippen LogP contribution in [0.15, 0.2) is 22.6 Å². The number of ether oxygens (including phenoxy) is 1. The van der Waals surface area contributed by atoms with E-state index in [0.29, 0.717) is 42.4 Å². The third kappa shape index (κ3) is 5.09. The van der Waals surface area contributed by atoms with Crippen LogP contribution in [0.3, 0.4) is 0 Å². The van der Waals surface area contributed by atoms with Gasteiger partial charge < -0.3 is 15.4 Å². The van der Waals surface area contributed by atoms with Gasteiger partial charge in [0, 0.05) is 19.6 Å². The molecule has 0 unspecified atom stereocenters. The monoisotopic (exact) mass is 406 g/mol. The van der Waals surface area contributed by atoms with Crippen molar-refractivity contribution in [3.8, 4) is 0 Å². The number of fused-ring (bicyclic) bond motifs is 1. The molecule has 2 aromatic heterocycles. The van der Waals surface area contributed by atoms with Gasteiger partial charge in [0.1, 0.15) is 4.70 Å². The quantitative estimate of drug-likeness (QED) is 0.686. The van der Waals surface area contributed by atoms with Gasteiger partial charge in [-0.2, -0.15) is 0 Å². The summed E-state index contributed by atoms with van der Waals surface area (Å²) in [4.78, 5) is 40.3. The summed E-state index contributed by atoms with van der Waals surface area (Å²) >= 11 is 1.37. The maximum absolute atomic E-state index is 12.3. The van der Waals surface area contributed by atoms with Gasteiger partial charge in [-0.05, 0) is 50.0 Å². The fourth-order valence-corrected chi connectivity index (χ4v) is 4.28. The average Bonchev–Trinajstić information content (AvgIpc) is 3.18. The summed E-state index contributed by atoms with van der Waals surface area (Å²) in [6.45, 7) is 3.55. The van der Waals surface area contributed by atoms with Crippen molar-refractivity contribution < 1.29 is 14.3 Å². The van der Waals surface area contributed by atoms with E-state index in [1.807, 2.05) is 18.4 Å². The van der Waals surface area contributed by atoms with Crippen molar-refractivity contribution in [1.29, 1.82) is 0 Å². The van der Waals surface area contributed by atoms with Crippen LogP contribution < -0.4 is 16.2 Å². The second-order valence-electron chi connectivity index (χ2n) is 6.98. The van der Waals surface area contributed by atoms with Crippen LogP contribution in [0.2, 0.25) is 0 Å². The summed E-state index contributed by atoms with van der Waals surface area (Å²) in [5.41, 5.74) is 0.621. The summed E-state index contributed by atoms with van der Waals surface area (Å²) in [6, 6.07) is 1.57. The minimum absolute atomic E-state index is 0.00219. The van der Waals surface area contributed by atoms with E-state index < -0.39 is 0 Å². The molecule has 0 aliphatic heterocycles. The summed E-state index contributed by atoms with van der Waals surface area (Å²) in [7, 11) is 0. The number of urea groups is 1. The van der Waals surface area contributed by atoms with Crippen LogP contribution in [0.5, 0.6) is 0 Å². The van der Waals surface area contributed by atoms with Crippen LogP contribution in [-0.4, -0.2) is 41.2 Å². The van der Waals surface area contributed by atoms with E-state index in [-0.39, 0.29) is 23.5 Å². The normalized spacial score (nSPS) is 19.3. The number of nitrogens with one attached hydrogen (secondary N) is 2. The van der Waals surface area contributed by atoms with Gasteiger partial charge in [0.25, 0.3) is 5.56 Å². The highest BCUT2D eigenvalue weighted by Gasteiger charge is 2.27. The molecule has 28 heavy (non-hydrogen) atoms. The molecule has 3 rings (SSSR count). The number of aromatic nitrogens is 2. The molecule has 2 amide bonds. The van der Waals surface area contributed by atoms with Crippen molar-refractivity contribution in [2.24, 2.45) is 11.8 Å². The van der Waals surface area contributed by atoms with Gasteiger partial charge in [0.2, 0.25) is 0 Å². The SMILES string of the molecule is CCOC(=O)C1CCC(CNC(=O)NCCn2cnc3ccsc3c2=O)CC1. The minimum Gasteiger partial charge on any atom is -0.466 e. The van der Waals surface area contributed by atoms with Crippen LogP contribution in [0.25, 0.3) is 10.2 Å².